The number of fused-ring (bicyclic) bond motifs is 3. The largest absolute Gasteiger partial charge is 0.465 e. The van der Waals surface area contributed by atoms with Crippen LogP contribution in [0, 0.1) is 0 Å². The predicted octanol–water partition coefficient (Wildman–Crippen LogP) is 5.58. The zero-order valence-electron chi connectivity index (χ0n) is 17.4. The van der Waals surface area contributed by atoms with E-state index in [0.717, 1.165) is 34.6 Å². The number of aromatic nitrogens is 2. The summed E-state index contributed by atoms with van der Waals surface area (Å²) in [6.07, 6.45) is 6.11. The summed E-state index contributed by atoms with van der Waals surface area (Å²) in [5.74, 6) is 0. The van der Waals surface area contributed by atoms with E-state index >= 15 is 0 Å². The molecule has 0 unspecified atom stereocenters. The first-order chi connectivity index (χ1) is 15.2. The lowest BCUT2D eigenvalue weighted by atomic mass is 9.92. The second-order valence-electron chi connectivity index (χ2n) is 8.10. The van der Waals surface area contributed by atoms with Gasteiger partial charge in [0.15, 0.2) is 0 Å². The maximum Gasteiger partial charge on any atom is 0.411 e. The highest BCUT2D eigenvalue weighted by Gasteiger charge is 2.18. The first-order valence-electron chi connectivity index (χ1n) is 10.9. The van der Waals surface area contributed by atoms with Gasteiger partial charge < -0.3 is 15.4 Å². The van der Waals surface area contributed by atoms with Crippen molar-refractivity contribution in [2.45, 2.75) is 32.1 Å². The Morgan fingerprint density at radius 2 is 2.00 bits per heavy atom. The molecular formula is C25H26N4O2. The number of benzene rings is 2. The van der Waals surface area contributed by atoms with Gasteiger partial charge in [-0.15, -0.1) is 0 Å². The van der Waals surface area contributed by atoms with E-state index < -0.39 is 6.09 Å². The van der Waals surface area contributed by atoms with Crippen LogP contribution in [0.1, 0.15) is 30.5 Å². The predicted molar refractivity (Wildman–Crippen MR) is 125 cm³/mol. The van der Waals surface area contributed by atoms with Crippen LogP contribution in [0.5, 0.6) is 0 Å². The smallest absolute Gasteiger partial charge is 0.411 e. The highest BCUT2D eigenvalue weighted by molar-refractivity contribution is 5.94. The number of pyridine rings is 1. The molecule has 2 aromatic heterocycles. The van der Waals surface area contributed by atoms with E-state index in [1.165, 1.54) is 34.7 Å². The zero-order valence-corrected chi connectivity index (χ0v) is 17.4. The fourth-order valence-electron chi connectivity index (χ4n) is 4.57. The number of H-pyrrole nitrogens is 1. The Kier molecular flexibility index (Phi) is 5.20. The van der Waals surface area contributed by atoms with Crippen molar-refractivity contribution < 1.29 is 9.90 Å². The van der Waals surface area contributed by atoms with Gasteiger partial charge in [-0.2, -0.15) is 0 Å². The van der Waals surface area contributed by atoms with Gasteiger partial charge in [-0.05, 0) is 68.0 Å². The molecule has 0 atom stereocenters. The van der Waals surface area contributed by atoms with Gasteiger partial charge >= 0.3 is 6.09 Å². The Morgan fingerprint density at radius 3 is 2.90 bits per heavy atom. The van der Waals surface area contributed by atoms with Crippen molar-refractivity contribution in [3.63, 3.8) is 0 Å². The quantitative estimate of drug-likeness (QED) is 0.360. The van der Waals surface area contributed by atoms with E-state index in [4.69, 9.17) is 4.98 Å². The van der Waals surface area contributed by atoms with Gasteiger partial charge in [0.1, 0.15) is 0 Å². The van der Waals surface area contributed by atoms with Crippen molar-refractivity contribution in [2.24, 2.45) is 0 Å². The number of para-hydroxylation sites is 1. The van der Waals surface area contributed by atoms with Gasteiger partial charge in [-0.3, -0.25) is 9.88 Å². The van der Waals surface area contributed by atoms with Crippen molar-refractivity contribution in [2.75, 3.05) is 23.3 Å². The molecular weight excluding hydrogens is 388 g/mol. The number of aryl methyl sites for hydroxylation is 1. The molecule has 6 nitrogen and oxygen atoms in total. The number of nitrogens with one attached hydrogen (secondary N) is 2. The van der Waals surface area contributed by atoms with Crippen LogP contribution >= 0.6 is 0 Å². The first-order valence-corrected chi connectivity index (χ1v) is 10.9. The maximum absolute atomic E-state index is 11.9. The monoisotopic (exact) mass is 414 g/mol. The molecule has 1 amide bonds. The van der Waals surface area contributed by atoms with Gasteiger partial charge in [-0.1, -0.05) is 18.2 Å². The number of rotatable bonds is 6. The van der Waals surface area contributed by atoms with Crippen LogP contribution in [0.2, 0.25) is 0 Å². The fourth-order valence-corrected chi connectivity index (χ4v) is 4.57. The number of hydrogen-bond acceptors (Lipinski definition) is 3. The third-order valence-corrected chi connectivity index (χ3v) is 6.11. The highest BCUT2D eigenvalue weighted by atomic mass is 16.4. The summed E-state index contributed by atoms with van der Waals surface area (Å²) in [6, 6.07) is 15.9. The van der Waals surface area contributed by atoms with Gasteiger partial charge in [-0.25, -0.2) is 4.79 Å². The van der Waals surface area contributed by atoms with Crippen molar-refractivity contribution in [3.05, 3.63) is 66.0 Å². The summed E-state index contributed by atoms with van der Waals surface area (Å²) < 4.78 is 0. The van der Waals surface area contributed by atoms with Crippen LogP contribution in [0.3, 0.4) is 0 Å². The maximum atomic E-state index is 11.9. The lowest BCUT2D eigenvalue weighted by Gasteiger charge is -2.23. The summed E-state index contributed by atoms with van der Waals surface area (Å²) in [5, 5.41) is 15.5. The van der Waals surface area contributed by atoms with E-state index in [1.54, 1.807) is 0 Å². The molecule has 1 aliphatic rings. The average Bonchev–Trinajstić information content (AvgIpc) is 3.26. The molecule has 0 saturated carbocycles. The first kappa shape index (κ1) is 19.4. The molecule has 0 radical (unpaired) electrons. The normalized spacial score (nSPS) is 13.3. The number of carboxylic acid groups (broad SMARTS) is 1. The fraction of sp³-hybridized carbons (Fsp3) is 0.280. The van der Waals surface area contributed by atoms with Crippen molar-refractivity contribution in [1.29, 1.82) is 0 Å². The highest BCUT2D eigenvalue weighted by Crippen LogP contribution is 2.33. The number of anilines is 2. The van der Waals surface area contributed by atoms with E-state index in [-0.39, 0.29) is 0 Å². The molecule has 3 N–H and O–H groups in total. The van der Waals surface area contributed by atoms with Crippen LogP contribution < -0.4 is 10.2 Å². The number of carbonyl (C=O) groups is 1. The van der Waals surface area contributed by atoms with E-state index in [9.17, 15) is 9.90 Å². The number of aromatic amines is 1. The molecule has 2 heterocycles. The van der Waals surface area contributed by atoms with Crippen molar-refractivity contribution >= 4 is 39.3 Å². The molecule has 0 aliphatic heterocycles. The topological polar surface area (TPSA) is 81.2 Å². The molecule has 1 aliphatic carbocycles. The third kappa shape index (κ3) is 3.81. The summed E-state index contributed by atoms with van der Waals surface area (Å²) in [5.41, 5.74) is 6.45. The standard InChI is InChI=1S/C25H26N4O2/c30-25(31)29(18-10-11-21-17(16-18)12-14-26-21)15-5-13-27-24-19-6-1-3-8-22(19)28-23-9-4-2-7-20(23)24/h1,3,6,8,10-12,14,16,26H,2,4-5,7,9,13,15H2,(H,27,28)(H,30,31). The molecule has 6 heteroatoms. The summed E-state index contributed by atoms with van der Waals surface area (Å²) >= 11 is 0. The second kappa shape index (κ2) is 8.30. The van der Waals surface area contributed by atoms with Crippen LogP contribution in [-0.4, -0.2) is 34.3 Å². The van der Waals surface area contributed by atoms with Crippen LogP contribution in [0.15, 0.2) is 54.7 Å². The van der Waals surface area contributed by atoms with Crippen LogP contribution in [0.4, 0.5) is 16.2 Å². The average molecular weight is 415 g/mol. The van der Waals surface area contributed by atoms with Gasteiger partial charge in [0.25, 0.3) is 0 Å². The molecule has 0 spiro atoms. The molecule has 0 fully saturated rings. The lowest BCUT2D eigenvalue weighted by molar-refractivity contribution is 0.202. The SMILES string of the molecule is O=C(O)N(CCCNc1c2c(nc3ccccc13)CCCC2)c1ccc2[nH]ccc2c1. The molecule has 4 aromatic rings. The summed E-state index contributed by atoms with van der Waals surface area (Å²) in [6.45, 7) is 1.14. The van der Waals surface area contributed by atoms with Crippen LogP contribution in [-0.2, 0) is 12.8 Å². The Labute approximate surface area is 180 Å². The Bertz CT molecular complexity index is 1250. The Balaban J connectivity index is 1.32. The second-order valence-corrected chi connectivity index (χ2v) is 8.10. The van der Waals surface area contributed by atoms with E-state index in [1.807, 2.05) is 42.6 Å². The number of amides is 1. The molecule has 0 bridgehead atoms. The third-order valence-electron chi connectivity index (χ3n) is 6.11. The molecule has 31 heavy (non-hydrogen) atoms. The molecule has 2 aromatic carbocycles. The summed E-state index contributed by atoms with van der Waals surface area (Å²) in [4.78, 5) is 21.4. The molecule has 0 saturated heterocycles. The minimum absolute atomic E-state index is 0.434. The van der Waals surface area contributed by atoms with Gasteiger partial charge in [0, 0.05) is 52.6 Å². The van der Waals surface area contributed by atoms with E-state index in [0.29, 0.717) is 25.2 Å². The lowest BCUT2D eigenvalue weighted by Crippen LogP contribution is -2.31. The number of hydrogen-bond donors (Lipinski definition) is 3. The minimum Gasteiger partial charge on any atom is -0.465 e. The Hall–Kier alpha value is -3.54. The zero-order chi connectivity index (χ0) is 21.2. The van der Waals surface area contributed by atoms with Gasteiger partial charge in [0.2, 0.25) is 0 Å². The minimum atomic E-state index is -0.929. The Morgan fingerprint density at radius 1 is 1.13 bits per heavy atom. The molecule has 5 rings (SSSR count). The van der Waals surface area contributed by atoms with Crippen molar-refractivity contribution in [3.8, 4) is 0 Å². The van der Waals surface area contributed by atoms with E-state index in [2.05, 4.69) is 22.4 Å². The number of nitrogens with zero attached hydrogens (tertiary/aromatic N) is 2. The summed E-state index contributed by atoms with van der Waals surface area (Å²) in [7, 11) is 0. The molecule has 158 valence electrons. The van der Waals surface area contributed by atoms with Crippen LogP contribution in [0.25, 0.3) is 21.8 Å². The van der Waals surface area contributed by atoms with Crippen molar-refractivity contribution in [1.82, 2.24) is 9.97 Å². The van der Waals surface area contributed by atoms with Gasteiger partial charge in [0.05, 0.1) is 5.52 Å².